The molecule has 0 radical (unpaired) electrons. The highest BCUT2D eigenvalue weighted by atomic mass is 16.1. The van der Waals surface area contributed by atoms with Crippen molar-refractivity contribution < 1.29 is 4.79 Å². The van der Waals surface area contributed by atoms with E-state index in [4.69, 9.17) is 0 Å². The van der Waals surface area contributed by atoms with Crippen molar-refractivity contribution in [1.82, 2.24) is 19.9 Å². The number of aromatic nitrogens is 3. The van der Waals surface area contributed by atoms with E-state index in [1.165, 1.54) is 6.20 Å². The van der Waals surface area contributed by atoms with E-state index in [0.717, 1.165) is 13.0 Å². The Balaban J connectivity index is 2.73. The second kappa shape index (κ2) is 4.85. The Bertz CT molecular complexity index is 306. The van der Waals surface area contributed by atoms with Crippen molar-refractivity contribution in [3.8, 4) is 0 Å². The summed E-state index contributed by atoms with van der Waals surface area (Å²) in [6.07, 6.45) is 2.48. The fourth-order valence-corrected chi connectivity index (χ4v) is 1.22. The first kappa shape index (κ1) is 10.8. The third-order valence-corrected chi connectivity index (χ3v) is 1.80. The Morgan fingerprint density at radius 2 is 2.29 bits per heavy atom. The summed E-state index contributed by atoms with van der Waals surface area (Å²) in [7, 11) is 3.73. The number of ketones is 1. The molecule has 0 saturated carbocycles. The highest BCUT2D eigenvalue weighted by Crippen LogP contribution is 2.00. The van der Waals surface area contributed by atoms with Crippen LogP contribution in [-0.4, -0.2) is 46.3 Å². The molecule has 1 heterocycles. The fourth-order valence-electron chi connectivity index (χ4n) is 1.22. The van der Waals surface area contributed by atoms with Crippen molar-refractivity contribution in [2.24, 2.45) is 0 Å². The predicted molar refractivity (Wildman–Crippen MR) is 53.2 cm³/mol. The van der Waals surface area contributed by atoms with Crippen molar-refractivity contribution >= 4 is 5.78 Å². The van der Waals surface area contributed by atoms with E-state index < -0.39 is 0 Å². The van der Waals surface area contributed by atoms with Crippen LogP contribution in [-0.2, 0) is 6.54 Å². The van der Waals surface area contributed by atoms with Crippen LogP contribution in [0.2, 0.25) is 0 Å². The second-order valence-corrected chi connectivity index (χ2v) is 3.50. The van der Waals surface area contributed by atoms with Gasteiger partial charge >= 0.3 is 0 Å². The third-order valence-electron chi connectivity index (χ3n) is 1.80. The zero-order chi connectivity index (χ0) is 10.6. The highest BCUT2D eigenvalue weighted by Gasteiger charge is 2.12. The molecule has 0 unspecified atom stereocenters. The summed E-state index contributed by atoms with van der Waals surface area (Å²) in [4.78, 5) is 13.5. The Morgan fingerprint density at radius 3 is 2.86 bits per heavy atom. The lowest BCUT2D eigenvalue weighted by atomic mass is 10.3. The number of carbonyl (C=O) groups is 1. The van der Waals surface area contributed by atoms with E-state index >= 15 is 0 Å². The van der Waals surface area contributed by atoms with Gasteiger partial charge in [0.1, 0.15) is 5.69 Å². The second-order valence-electron chi connectivity index (χ2n) is 3.50. The zero-order valence-corrected chi connectivity index (χ0v) is 8.90. The lowest BCUT2D eigenvalue weighted by molar-refractivity contribution is 0.0947. The molecule has 0 atom stereocenters. The van der Waals surface area contributed by atoms with Crippen LogP contribution in [0.25, 0.3) is 0 Å². The van der Waals surface area contributed by atoms with Crippen LogP contribution in [0.4, 0.5) is 0 Å². The number of carbonyl (C=O) groups excluding carboxylic acids is 1. The van der Waals surface area contributed by atoms with E-state index in [-0.39, 0.29) is 5.78 Å². The third kappa shape index (κ3) is 2.63. The number of aryl methyl sites for hydroxylation is 1. The lowest BCUT2D eigenvalue weighted by Gasteiger charge is -2.08. The van der Waals surface area contributed by atoms with Gasteiger partial charge in [0.2, 0.25) is 0 Å². The minimum Gasteiger partial charge on any atom is -0.302 e. The van der Waals surface area contributed by atoms with E-state index in [0.29, 0.717) is 12.2 Å². The molecule has 0 aliphatic heterocycles. The fraction of sp³-hybridized carbons (Fsp3) is 0.667. The van der Waals surface area contributed by atoms with Crippen molar-refractivity contribution in [1.29, 1.82) is 0 Å². The number of hydrogen-bond acceptors (Lipinski definition) is 4. The molecule has 0 fully saturated rings. The summed E-state index contributed by atoms with van der Waals surface area (Å²) in [5, 5.41) is 7.60. The summed E-state index contributed by atoms with van der Waals surface area (Å²) in [5.74, 6) is 0.0634. The quantitative estimate of drug-likeness (QED) is 0.641. The number of nitrogens with zero attached hydrogens (tertiary/aromatic N) is 4. The van der Waals surface area contributed by atoms with Gasteiger partial charge in [-0.1, -0.05) is 12.1 Å². The topological polar surface area (TPSA) is 51.0 Å². The van der Waals surface area contributed by atoms with Crippen molar-refractivity contribution in [2.45, 2.75) is 19.9 Å². The van der Waals surface area contributed by atoms with Crippen molar-refractivity contribution in [3.05, 3.63) is 11.9 Å². The van der Waals surface area contributed by atoms with Gasteiger partial charge in [0.05, 0.1) is 12.7 Å². The van der Waals surface area contributed by atoms with Gasteiger partial charge in [-0.3, -0.25) is 4.79 Å². The Morgan fingerprint density at radius 1 is 1.57 bits per heavy atom. The van der Waals surface area contributed by atoms with Gasteiger partial charge in [-0.2, -0.15) is 0 Å². The Kier molecular flexibility index (Phi) is 3.76. The molecule has 0 amide bonds. The van der Waals surface area contributed by atoms with E-state index in [1.54, 1.807) is 4.68 Å². The van der Waals surface area contributed by atoms with E-state index in [9.17, 15) is 4.79 Å². The standard InChI is InChI=1S/C9H16N4O/c1-4-5-13-8(6-10-11-13)9(14)7-12(2)3/h6H,4-5,7H2,1-3H3. The molecule has 14 heavy (non-hydrogen) atoms. The minimum atomic E-state index is 0.0634. The first-order valence-corrected chi connectivity index (χ1v) is 4.71. The predicted octanol–water partition coefficient (Wildman–Crippen LogP) is 0.432. The van der Waals surface area contributed by atoms with Crippen LogP contribution in [0.15, 0.2) is 6.20 Å². The number of Topliss-reactive ketones (excluding diaryl/α,β-unsaturated/α-hetero) is 1. The van der Waals surface area contributed by atoms with Gasteiger partial charge in [-0.25, -0.2) is 4.68 Å². The molecule has 1 aromatic heterocycles. The summed E-state index contributed by atoms with van der Waals surface area (Å²) in [5.41, 5.74) is 0.598. The summed E-state index contributed by atoms with van der Waals surface area (Å²) >= 11 is 0. The highest BCUT2D eigenvalue weighted by molar-refractivity contribution is 5.95. The van der Waals surface area contributed by atoms with Crippen LogP contribution in [0.1, 0.15) is 23.8 Å². The molecule has 5 nitrogen and oxygen atoms in total. The molecule has 1 rings (SSSR count). The molecule has 0 spiro atoms. The maximum Gasteiger partial charge on any atom is 0.196 e. The Hall–Kier alpha value is -1.23. The maximum absolute atomic E-state index is 11.7. The van der Waals surface area contributed by atoms with Crippen LogP contribution < -0.4 is 0 Å². The molecule has 5 heteroatoms. The lowest BCUT2D eigenvalue weighted by Crippen LogP contribution is -2.24. The molecule has 0 bridgehead atoms. The minimum absolute atomic E-state index is 0.0634. The van der Waals surface area contributed by atoms with Gasteiger partial charge in [0.25, 0.3) is 0 Å². The largest absolute Gasteiger partial charge is 0.302 e. The average Bonchev–Trinajstić information content (AvgIpc) is 2.51. The van der Waals surface area contributed by atoms with Crippen molar-refractivity contribution in [3.63, 3.8) is 0 Å². The first-order valence-electron chi connectivity index (χ1n) is 4.71. The average molecular weight is 196 g/mol. The van der Waals surface area contributed by atoms with Gasteiger partial charge in [0, 0.05) is 6.54 Å². The molecule has 0 N–H and O–H groups in total. The maximum atomic E-state index is 11.7. The van der Waals surface area contributed by atoms with Gasteiger partial charge in [-0.05, 0) is 20.5 Å². The summed E-state index contributed by atoms with van der Waals surface area (Å²) in [6.45, 7) is 3.19. The van der Waals surface area contributed by atoms with Gasteiger partial charge in [0.15, 0.2) is 5.78 Å². The van der Waals surface area contributed by atoms with Crippen LogP contribution >= 0.6 is 0 Å². The normalized spacial score (nSPS) is 10.9. The molecule has 1 aromatic rings. The molecule has 78 valence electrons. The molecular formula is C9H16N4O. The van der Waals surface area contributed by atoms with E-state index in [2.05, 4.69) is 10.3 Å². The zero-order valence-electron chi connectivity index (χ0n) is 8.90. The SMILES string of the molecule is CCCn1nncc1C(=O)CN(C)C. The van der Waals surface area contributed by atoms with Crippen LogP contribution in [0.3, 0.4) is 0 Å². The smallest absolute Gasteiger partial charge is 0.196 e. The first-order chi connectivity index (χ1) is 6.65. The molecule has 0 aliphatic rings. The Labute approximate surface area is 83.7 Å². The van der Waals surface area contributed by atoms with Crippen molar-refractivity contribution in [2.75, 3.05) is 20.6 Å². The van der Waals surface area contributed by atoms with Gasteiger partial charge in [-0.15, -0.1) is 5.10 Å². The number of likely N-dealkylation sites (N-methyl/N-ethyl adjacent to an activating group) is 1. The monoisotopic (exact) mass is 196 g/mol. The van der Waals surface area contributed by atoms with E-state index in [1.807, 2.05) is 25.9 Å². The summed E-state index contributed by atoms with van der Waals surface area (Å²) in [6, 6.07) is 0. The molecule has 0 saturated heterocycles. The molecular weight excluding hydrogens is 180 g/mol. The molecule has 0 aliphatic carbocycles. The number of hydrogen-bond donors (Lipinski definition) is 0. The van der Waals surface area contributed by atoms with Crippen LogP contribution in [0.5, 0.6) is 0 Å². The molecule has 0 aromatic carbocycles. The van der Waals surface area contributed by atoms with Gasteiger partial charge < -0.3 is 4.90 Å². The number of rotatable bonds is 5. The summed E-state index contributed by atoms with van der Waals surface area (Å²) < 4.78 is 1.66. The van der Waals surface area contributed by atoms with Crippen LogP contribution in [0, 0.1) is 0 Å².